The van der Waals surface area contributed by atoms with Gasteiger partial charge in [-0.05, 0) is 12.8 Å². The molecule has 0 aliphatic heterocycles. The Balaban J connectivity index is 0. The molecule has 6 N–H and O–H groups in total. The predicted octanol–water partition coefficient (Wildman–Crippen LogP) is -0.440. The van der Waals surface area contributed by atoms with Crippen LogP contribution in [-0.4, -0.2) is 29.6 Å². The van der Waals surface area contributed by atoms with Gasteiger partial charge < -0.3 is 11.5 Å². The summed E-state index contributed by atoms with van der Waals surface area (Å²) in [7, 11) is -4.67. The molecule has 0 radical (unpaired) electrons. The van der Waals surface area contributed by atoms with Crippen LogP contribution in [0.4, 0.5) is 0 Å². The number of nitrogens with two attached hydrogens (primary N) is 2. The SMILES string of the molecule is N[C@@H]1CCCC[C@H]1N.O=S(=O)(O)O.[Pt]. The standard InChI is InChI=1S/C6H14N2.H2O4S.Pt/c7-5-3-1-2-4-6(5)8;1-5(2,3)4;/h5-6H,1-4,7-8H2;(H2,1,2,3,4);/t5-,6-;;/m1../s1. The van der Waals surface area contributed by atoms with Crippen molar-refractivity contribution in [3.8, 4) is 0 Å². The normalized spacial score (nSPS) is 26.9. The third kappa shape index (κ3) is 12.5. The maximum atomic E-state index is 8.74. The fourth-order valence-electron chi connectivity index (χ4n) is 1.19. The van der Waals surface area contributed by atoms with E-state index in [2.05, 4.69) is 0 Å². The molecule has 6 nitrogen and oxygen atoms in total. The van der Waals surface area contributed by atoms with Crippen molar-refractivity contribution < 1.29 is 38.6 Å². The van der Waals surface area contributed by atoms with Crippen LogP contribution in [0.3, 0.4) is 0 Å². The summed E-state index contributed by atoms with van der Waals surface area (Å²) in [5.74, 6) is 0. The topological polar surface area (TPSA) is 127 Å². The van der Waals surface area contributed by atoms with E-state index in [9.17, 15) is 0 Å². The van der Waals surface area contributed by atoms with Gasteiger partial charge in [0.05, 0.1) is 0 Å². The Kier molecular flexibility index (Phi) is 9.33. The fourth-order valence-corrected chi connectivity index (χ4v) is 1.19. The molecule has 0 aromatic heterocycles. The summed E-state index contributed by atoms with van der Waals surface area (Å²) in [5.41, 5.74) is 11.3. The number of hydrogen-bond donors (Lipinski definition) is 4. The van der Waals surface area contributed by atoms with Crippen LogP contribution in [-0.2, 0) is 31.5 Å². The van der Waals surface area contributed by atoms with Crippen LogP contribution in [0.1, 0.15) is 25.7 Å². The van der Waals surface area contributed by atoms with E-state index in [1.54, 1.807) is 0 Å². The molecule has 0 aromatic carbocycles. The van der Waals surface area contributed by atoms with Gasteiger partial charge in [-0.1, -0.05) is 12.8 Å². The van der Waals surface area contributed by atoms with E-state index in [1.165, 1.54) is 12.8 Å². The minimum Gasteiger partial charge on any atom is -0.326 e. The zero-order valence-electron chi connectivity index (χ0n) is 7.57. The van der Waals surface area contributed by atoms with Crippen LogP contribution in [0.5, 0.6) is 0 Å². The summed E-state index contributed by atoms with van der Waals surface area (Å²) in [4.78, 5) is 0. The molecule has 0 bridgehead atoms. The van der Waals surface area contributed by atoms with Crippen LogP contribution in [0, 0.1) is 0 Å². The van der Waals surface area contributed by atoms with Gasteiger partial charge in [0.15, 0.2) is 0 Å². The van der Waals surface area contributed by atoms with Gasteiger partial charge in [-0.15, -0.1) is 0 Å². The first-order chi connectivity index (χ1) is 5.80. The molecule has 1 fully saturated rings. The van der Waals surface area contributed by atoms with Crippen molar-refractivity contribution in [1.29, 1.82) is 0 Å². The van der Waals surface area contributed by atoms with Gasteiger partial charge in [0, 0.05) is 33.1 Å². The smallest absolute Gasteiger partial charge is 0.326 e. The summed E-state index contributed by atoms with van der Waals surface area (Å²) in [5, 5.41) is 0. The molecule has 0 unspecified atom stereocenters. The van der Waals surface area contributed by atoms with E-state index in [0.717, 1.165) is 12.8 Å². The first-order valence-electron chi connectivity index (χ1n) is 4.01. The van der Waals surface area contributed by atoms with Crippen LogP contribution in [0.2, 0.25) is 0 Å². The average Bonchev–Trinajstić information content (AvgIpc) is 1.92. The zero-order valence-corrected chi connectivity index (χ0v) is 10.7. The Morgan fingerprint density at radius 1 is 1.00 bits per heavy atom. The van der Waals surface area contributed by atoms with Gasteiger partial charge in [-0.3, -0.25) is 9.11 Å². The fraction of sp³-hybridized carbons (Fsp3) is 1.00. The van der Waals surface area contributed by atoms with Crippen molar-refractivity contribution in [2.24, 2.45) is 11.5 Å². The second kappa shape index (κ2) is 7.73. The van der Waals surface area contributed by atoms with Gasteiger partial charge >= 0.3 is 10.4 Å². The van der Waals surface area contributed by atoms with Gasteiger partial charge in [0.1, 0.15) is 0 Å². The molecule has 14 heavy (non-hydrogen) atoms. The Hall–Kier alpha value is 0.478. The van der Waals surface area contributed by atoms with E-state index < -0.39 is 10.4 Å². The van der Waals surface area contributed by atoms with Crippen LogP contribution in [0.25, 0.3) is 0 Å². The van der Waals surface area contributed by atoms with Crippen LogP contribution >= 0.6 is 0 Å². The predicted molar refractivity (Wildman–Crippen MR) is 48.6 cm³/mol. The van der Waals surface area contributed by atoms with Crippen LogP contribution in [0.15, 0.2) is 0 Å². The summed E-state index contributed by atoms with van der Waals surface area (Å²) >= 11 is 0. The van der Waals surface area contributed by atoms with Gasteiger partial charge in [0.2, 0.25) is 0 Å². The Labute approximate surface area is 98.3 Å². The molecule has 0 amide bonds. The quantitative estimate of drug-likeness (QED) is 0.404. The monoisotopic (exact) mass is 407 g/mol. The molecule has 1 aliphatic carbocycles. The average molecular weight is 407 g/mol. The summed E-state index contributed by atoms with van der Waals surface area (Å²) in [6.45, 7) is 0. The van der Waals surface area contributed by atoms with E-state index >= 15 is 0 Å². The second-order valence-corrected chi connectivity index (χ2v) is 3.96. The van der Waals surface area contributed by atoms with Crippen molar-refractivity contribution in [2.45, 2.75) is 37.8 Å². The molecule has 2 atom stereocenters. The molecule has 0 saturated heterocycles. The van der Waals surface area contributed by atoms with Crippen molar-refractivity contribution >= 4 is 10.4 Å². The second-order valence-electron chi connectivity index (χ2n) is 3.06. The van der Waals surface area contributed by atoms with Crippen molar-refractivity contribution in [3.63, 3.8) is 0 Å². The van der Waals surface area contributed by atoms with E-state index in [1.807, 2.05) is 0 Å². The largest absolute Gasteiger partial charge is 0.394 e. The zero-order chi connectivity index (χ0) is 10.5. The minimum absolute atomic E-state index is 0. The number of rotatable bonds is 0. The summed E-state index contributed by atoms with van der Waals surface area (Å²) < 4.78 is 31.6. The summed E-state index contributed by atoms with van der Waals surface area (Å²) in [6.07, 6.45) is 4.80. The van der Waals surface area contributed by atoms with Gasteiger partial charge in [0.25, 0.3) is 0 Å². The maximum absolute atomic E-state index is 8.74. The van der Waals surface area contributed by atoms with Gasteiger partial charge in [-0.2, -0.15) is 8.42 Å². The molecule has 1 rings (SSSR count). The van der Waals surface area contributed by atoms with Crippen molar-refractivity contribution in [2.75, 3.05) is 0 Å². The molecule has 0 aromatic rings. The molecular formula is C6H16N2O4PtS. The van der Waals surface area contributed by atoms with Crippen LogP contribution < -0.4 is 11.5 Å². The Bertz CT molecular complexity index is 216. The Morgan fingerprint density at radius 2 is 1.21 bits per heavy atom. The van der Waals surface area contributed by atoms with Crippen molar-refractivity contribution in [3.05, 3.63) is 0 Å². The molecule has 1 saturated carbocycles. The molecule has 90 valence electrons. The number of hydrogen-bond acceptors (Lipinski definition) is 4. The van der Waals surface area contributed by atoms with E-state index in [4.69, 9.17) is 29.0 Å². The third-order valence-electron chi connectivity index (χ3n) is 1.87. The molecule has 0 spiro atoms. The summed E-state index contributed by atoms with van der Waals surface area (Å²) in [6, 6.07) is 0.562. The van der Waals surface area contributed by atoms with Crippen molar-refractivity contribution in [1.82, 2.24) is 0 Å². The maximum Gasteiger partial charge on any atom is 0.394 e. The third-order valence-corrected chi connectivity index (χ3v) is 1.87. The first-order valence-corrected chi connectivity index (χ1v) is 5.41. The molecule has 1 aliphatic rings. The molecule has 8 heteroatoms. The van der Waals surface area contributed by atoms with E-state index in [-0.39, 0.29) is 33.1 Å². The minimum atomic E-state index is -4.67. The van der Waals surface area contributed by atoms with Gasteiger partial charge in [-0.25, -0.2) is 0 Å². The first kappa shape index (κ1) is 16.9. The Morgan fingerprint density at radius 3 is 1.36 bits per heavy atom. The van der Waals surface area contributed by atoms with E-state index in [0.29, 0.717) is 0 Å². The molecular weight excluding hydrogens is 391 g/mol. The molecule has 0 heterocycles.